The number of esters is 1. The van der Waals surface area contributed by atoms with Gasteiger partial charge < -0.3 is 14.6 Å². The quantitative estimate of drug-likeness (QED) is 0.455. The maximum atomic E-state index is 10.6. The van der Waals surface area contributed by atoms with Gasteiger partial charge in [-0.15, -0.1) is 0 Å². The van der Waals surface area contributed by atoms with Crippen LogP contribution in [0.2, 0.25) is 0 Å². The second-order valence-corrected chi connectivity index (χ2v) is 2.64. The lowest BCUT2D eigenvalue weighted by Gasteiger charge is -2.08. The predicted octanol–water partition coefficient (Wildman–Crippen LogP) is -0.733. The van der Waals surface area contributed by atoms with E-state index in [0.717, 1.165) is 0 Å². The lowest BCUT2D eigenvalue weighted by Crippen LogP contribution is -2.24. The van der Waals surface area contributed by atoms with E-state index < -0.39 is 12.4 Å². The molecule has 2 fully saturated rings. The summed E-state index contributed by atoms with van der Waals surface area (Å²) in [6, 6.07) is 0. The van der Waals surface area contributed by atoms with E-state index >= 15 is 0 Å². The average molecular weight is 144 g/mol. The summed E-state index contributed by atoms with van der Waals surface area (Å²) >= 11 is 0. The summed E-state index contributed by atoms with van der Waals surface area (Å²) in [5.41, 5.74) is 0. The fourth-order valence-corrected chi connectivity index (χ4v) is 1.39. The van der Waals surface area contributed by atoms with Gasteiger partial charge in [0.25, 0.3) is 0 Å². The molecule has 0 spiro atoms. The van der Waals surface area contributed by atoms with Crippen molar-refractivity contribution < 1.29 is 19.4 Å². The maximum Gasteiger partial charge on any atom is 0.306 e. The largest absolute Gasteiger partial charge is 0.457 e. The number of fused-ring (bicyclic) bond motifs is 1. The Morgan fingerprint density at radius 1 is 1.60 bits per heavy atom. The van der Waals surface area contributed by atoms with Crippen LogP contribution in [0.3, 0.4) is 0 Å². The van der Waals surface area contributed by atoms with Crippen LogP contribution >= 0.6 is 0 Å². The van der Waals surface area contributed by atoms with Crippen molar-refractivity contribution in [2.45, 2.75) is 18.8 Å². The van der Waals surface area contributed by atoms with Crippen molar-refractivity contribution in [2.24, 2.45) is 5.92 Å². The molecule has 0 bridgehead atoms. The third kappa shape index (κ3) is 0.726. The average Bonchev–Trinajstić information content (AvgIpc) is 2.35. The van der Waals surface area contributed by atoms with Gasteiger partial charge >= 0.3 is 5.97 Å². The highest BCUT2D eigenvalue weighted by Crippen LogP contribution is 2.30. The minimum absolute atomic E-state index is 0.0856. The van der Waals surface area contributed by atoms with Crippen molar-refractivity contribution in [3.05, 3.63) is 0 Å². The molecule has 4 heteroatoms. The summed E-state index contributed by atoms with van der Waals surface area (Å²) < 4.78 is 9.63. The third-order valence-electron chi connectivity index (χ3n) is 1.92. The zero-order valence-electron chi connectivity index (χ0n) is 5.32. The third-order valence-corrected chi connectivity index (χ3v) is 1.92. The van der Waals surface area contributed by atoms with Crippen LogP contribution in [-0.2, 0) is 14.3 Å². The van der Waals surface area contributed by atoms with Crippen LogP contribution in [-0.4, -0.2) is 30.1 Å². The molecule has 0 aromatic carbocycles. The van der Waals surface area contributed by atoms with E-state index in [1.807, 2.05) is 0 Å². The first-order valence-corrected chi connectivity index (χ1v) is 3.26. The number of rotatable bonds is 0. The van der Waals surface area contributed by atoms with E-state index in [1.54, 1.807) is 0 Å². The Morgan fingerprint density at radius 2 is 2.40 bits per heavy atom. The Morgan fingerprint density at radius 3 is 3.10 bits per heavy atom. The normalized spacial score (nSPS) is 45.3. The van der Waals surface area contributed by atoms with Crippen LogP contribution in [0.25, 0.3) is 0 Å². The monoisotopic (exact) mass is 144 g/mol. The SMILES string of the molecule is O=C1CC2COC(O)C2O1. The van der Waals surface area contributed by atoms with Gasteiger partial charge in [-0.3, -0.25) is 4.79 Å². The first-order chi connectivity index (χ1) is 4.77. The minimum Gasteiger partial charge on any atom is -0.457 e. The van der Waals surface area contributed by atoms with Gasteiger partial charge in [0.05, 0.1) is 13.0 Å². The van der Waals surface area contributed by atoms with Gasteiger partial charge in [0.2, 0.25) is 0 Å². The van der Waals surface area contributed by atoms with Crippen LogP contribution in [0.5, 0.6) is 0 Å². The fraction of sp³-hybridized carbons (Fsp3) is 0.833. The lowest BCUT2D eigenvalue weighted by atomic mass is 10.1. The topological polar surface area (TPSA) is 55.8 Å². The maximum absolute atomic E-state index is 10.6. The molecule has 0 saturated carbocycles. The van der Waals surface area contributed by atoms with E-state index in [1.165, 1.54) is 0 Å². The molecule has 1 N–H and O–H groups in total. The molecule has 0 radical (unpaired) electrons. The van der Waals surface area contributed by atoms with E-state index in [4.69, 9.17) is 14.6 Å². The molecule has 10 heavy (non-hydrogen) atoms. The highest BCUT2D eigenvalue weighted by Gasteiger charge is 2.45. The molecule has 0 aromatic rings. The highest BCUT2D eigenvalue weighted by molar-refractivity contribution is 5.72. The summed E-state index contributed by atoms with van der Waals surface area (Å²) in [6.45, 7) is 0.442. The number of aliphatic hydroxyl groups excluding tert-OH is 1. The van der Waals surface area contributed by atoms with Crippen LogP contribution in [0.4, 0.5) is 0 Å². The van der Waals surface area contributed by atoms with Crippen molar-refractivity contribution >= 4 is 5.97 Å². The molecule has 2 heterocycles. The first kappa shape index (κ1) is 6.12. The summed E-state index contributed by atoms with van der Waals surface area (Å²) in [7, 11) is 0. The molecule has 3 unspecified atom stereocenters. The summed E-state index contributed by atoms with van der Waals surface area (Å²) in [4.78, 5) is 10.6. The molecule has 0 aromatic heterocycles. The standard InChI is InChI=1S/C6H8O4/c7-4-1-3-2-9-6(8)5(3)10-4/h3,5-6,8H,1-2H2. The van der Waals surface area contributed by atoms with E-state index in [0.29, 0.717) is 13.0 Å². The first-order valence-electron chi connectivity index (χ1n) is 3.26. The molecular weight excluding hydrogens is 136 g/mol. The van der Waals surface area contributed by atoms with Gasteiger partial charge in [-0.25, -0.2) is 0 Å². The molecule has 2 rings (SSSR count). The Balaban J connectivity index is 2.12. The number of aliphatic hydroxyl groups is 1. The van der Waals surface area contributed by atoms with Crippen molar-refractivity contribution in [2.75, 3.05) is 6.61 Å². The summed E-state index contributed by atoms with van der Waals surface area (Å²) in [5.74, 6) is -0.139. The van der Waals surface area contributed by atoms with Crippen LogP contribution in [0, 0.1) is 5.92 Å². The number of hydrogen-bond acceptors (Lipinski definition) is 4. The minimum atomic E-state index is -0.892. The molecule has 2 saturated heterocycles. The van der Waals surface area contributed by atoms with Gasteiger partial charge in [0.15, 0.2) is 12.4 Å². The predicted molar refractivity (Wildman–Crippen MR) is 29.9 cm³/mol. The number of carbonyl (C=O) groups is 1. The fourth-order valence-electron chi connectivity index (χ4n) is 1.39. The van der Waals surface area contributed by atoms with Crippen molar-refractivity contribution in [3.8, 4) is 0 Å². The molecule has 2 aliphatic heterocycles. The van der Waals surface area contributed by atoms with Crippen LogP contribution in [0.1, 0.15) is 6.42 Å². The van der Waals surface area contributed by atoms with Gasteiger partial charge in [-0.1, -0.05) is 0 Å². The van der Waals surface area contributed by atoms with Crippen molar-refractivity contribution in [1.82, 2.24) is 0 Å². The zero-order chi connectivity index (χ0) is 7.14. The van der Waals surface area contributed by atoms with E-state index in [-0.39, 0.29) is 11.9 Å². The second-order valence-electron chi connectivity index (χ2n) is 2.64. The number of ether oxygens (including phenoxy) is 2. The smallest absolute Gasteiger partial charge is 0.306 e. The Bertz CT molecular complexity index is 167. The second kappa shape index (κ2) is 1.93. The van der Waals surface area contributed by atoms with Crippen molar-refractivity contribution in [3.63, 3.8) is 0 Å². The van der Waals surface area contributed by atoms with E-state index in [2.05, 4.69) is 0 Å². The van der Waals surface area contributed by atoms with Gasteiger partial charge in [0, 0.05) is 5.92 Å². The highest BCUT2D eigenvalue weighted by atomic mass is 16.7. The van der Waals surface area contributed by atoms with E-state index in [9.17, 15) is 4.79 Å². The summed E-state index contributed by atoms with van der Waals surface area (Å²) in [6.07, 6.45) is -0.897. The number of carbonyl (C=O) groups excluding carboxylic acids is 1. The summed E-state index contributed by atoms with van der Waals surface area (Å²) in [5, 5.41) is 9.02. The molecule has 4 nitrogen and oxygen atoms in total. The van der Waals surface area contributed by atoms with Gasteiger partial charge in [-0.05, 0) is 0 Å². The molecule has 0 amide bonds. The van der Waals surface area contributed by atoms with Gasteiger partial charge in [-0.2, -0.15) is 0 Å². The molecule has 2 aliphatic rings. The molecule has 56 valence electrons. The van der Waals surface area contributed by atoms with Gasteiger partial charge in [0.1, 0.15) is 0 Å². The Labute approximate surface area is 57.7 Å². The molecule has 3 atom stereocenters. The molecule has 0 aliphatic carbocycles. The number of hydrogen-bond donors (Lipinski definition) is 1. The Kier molecular flexibility index (Phi) is 1.18. The molecular formula is C6H8O4. The Hall–Kier alpha value is -0.610. The zero-order valence-corrected chi connectivity index (χ0v) is 5.32. The van der Waals surface area contributed by atoms with Crippen molar-refractivity contribution in [1.29, 1.82) is 0 Å². The lowest BCUT2D eigenvalue weighted by molar-refractivity contribution is -0.159. The van der Waals surface area contributed by atoms with Crippen LogP contribution < -0.4 is 0 Å². The van der Waals surface area contributed by atoms with Crippen LogP contribution in [0.15, 0.2) is 0 Å².